The summed E-state index contributed by atoms with van der Waals surface area (Å²) in [5.41, 5.74) is 0.718. The smallest absolute Gasteiger partial charge is 0.780 e. The molecule has 0 bridgehead atoms. The van der Waals surface area contributed by atoms with Gasteiger partial charge in [-0.15, -0.1) is 0 Å². The Hall–Kier alpha value is 1.98. The molecule has 1 N–H and O–H groups in total. The maximum atomic E-state index is 10.4. The fraction of sp³-hybridized carbons (Fsp3) is 0. The molecule has 0 unspecified atom stereocenters. The standard InChI is InChI=1S/C8H8NO4P.2K/c10-14(11,12)13-8-5-9-7-4-2-1-3-6(7)8;;/h1-5,9H,(H2,10,11,12);;/q;2*+1/p-2. The van der Waals surface area contributed by atoms with Crippen molar-refractivity contribution in [2.45, 2.75) is 0 Å². The van der Waals surface area contributed by atoms with E-state index in [0.717, 1.165) is 5.52 Å². The minimum absolute atomic E-state index is 0. The van der Waals surface area contributed by atoms with Crippen LogP contribution in [0.25, 0.3) is 10.9 Å². The molecule has 0 amide bonds. The van der Waals surface area contributed by atoms with E-state index < -0.39 is 7.82 Å². The molecule has 1 aromatic heterocycles. The monoisotopic (exact) mass is 289 g/mol. The number of hydrogen-bond donors (Lipinski definition) is 1. The van der Waals surface area contributed by atoms with Crippen LogP contribution in [0.5, 0.6) is 5.75 Å². The normalized spacial score (nSPS) is 10.4. The third-order valence-corrected chi connectivity index (χ3v) is 2.18. The summed E-state index contributed by atoms with van der Waals surface area (Å²) in [6.45, 7) is 0. The van der Waals surface area contributed by atoms with Gasteiger partial charge in [-0.2, -0.15) is 0 Å². The molecule has 2 rings (SSSR count). The Bertz CT molecular complexity index is 509. The van der Waals surface area contributed by atoms with Gasteiger partial charge in [-0.3, -0.25) is 0 Å². The molecule has 5 nitrogen and oxygen atoms in total. The van der Waals surface area contributed by atoms with Gasteiger partial charge in [0.2, 0.25) is 0 Å². The van der Waals surface area contributed by atoms with Crippen molar-refractivity contribution in [3.8, 4) is 5.75 Å². The van der Waals surface area contributed by atoms with Gasteiger partial charge in [0, 0.05) is 17.1 Å². The zero-order valence-corrected chi connectivity index (χ0v) is 16.1. The summed E-state index contributed by atoms with van der Waals surface area (Å²) in [7, 11) is -4.98. The molecular formula is C8H6K2NO4P. The Morgan fingerprint density at radius 2 is 1.81 bits per heavy atom. The Kier molecular flexibility index (Phi) is 8.48. The quantitative estimate of drug-likeness (QED) is 0.441. The van der Waals surface area contributed by atoms with Crippen LogP contribution < -0.4 is 117 Å². The molecule has 2 aromatic rings. The van der Waals surface area contributed by atoms with Gasteiger partial charge in [0.25, 0.3) is 0 Å². The number of hydrogen-bond acceptors (Lipinski definition) is 4. The maximum absolute atomic E-state index is 10.4. The number of fused-ring (bicyclic) bond motifs is 1. The summed E-state index contributed by atoms with van der Waals surface area (Å²) in [6.07, 6.45) is 1.34. The van der Waals surface area contributed by atoms with Gasteiger partial charge >= 0.3 is 103 Å². The largest absolute Gasteiger partial charge is 1.00 e. The fourth-order valence-corrected chi connectivity index (χ4v) is 1.63. The minimum Gasteiger partial charge on any atom is -0.780 e. The molecule has 0 aliphatic heterocycles. The van der Waals surface area contributed by atoms with Gasteiger partial charge in [0.05, 0.1) is 0 Å². The molecule has 0 saturated carbocycles. The van der Waals surface area contributed by atoms with Gasteiger partial charge in [-0.25, -0.2) is 0 Å². The number of rotatable bonds is 2. The van der Waals surface area contributed by atoms with Crippen LogP contribution in [0.15, 0.2) is 30.5 Å². The number of H-pyrrole nitrogens is 1. The van der Waals surface area contributed by atoms with Crippen LogP contribution in [0.3, 0.4) is 0 Å². The SMILES string of the molecule is O=P([O-])([O-])Oc1c[nH]c2ccccc12.[K+].[K+]. The van der Waals surface area contributed by atoms with Crippen LogP contribution in [-0.2, 0) is 4.57 Å². The molecule has 0 aliphatic rings. The topological polar surface area (TPSA) is 88.2 Å². The second-order valence-corrected chi connectivity index (χ2v) is 3.81. The predicted molar refractivity (Wildman–Crippen MR) is 46.5 cm³/mol. The summed E-state index contributed by atoms with van der Waals surface area (Å²) in [6, 6.07) is 6.93. The molecule has 16 heavy (non-hydrogen) atoms. The molecule has 0 aliphatic carbocycles. The van der Waals surface area contributed by atoms with Gasteiger partial charge in [-0.1, -0.05) is 12.1 Å². The van der Waals surface area contributed by atoms with Crippen LogP contribution >= 0.6 is 7.82 Å². The average molecular weight is 289 g/mol. The summed E-state index contributed by atoms with van der Waals surface area (Å²) in [4.78, 5) is 23.5. The van der Waals surface area contributed by atoms with Crippen LogP contribution in [0, 0.1) is 0 Å². The average Bonchev–Trinajstić information content (AvgIpc) is 2.47. The van der Waals surface area contributed by atoms with E-state index in [4.69, 9.17) is 0 Å². The molecule has 0 saturated heterocycles. The molecular weight excluding hydrogens is 283 g/mol. The van der Waals surface area contributed by atoms with E-state index in [2.05, 4.69) is 9.51 Å². The van der Waals surface area contributed by atoms with E-state index >= 15 is 0 Å². The number of nitrogens with one attached hydrogen (secondary N) is 1. The third kappa shape index (κ3) is 4.93. The van der Waals surface area contributed by atoms with E-state index in [9.17, 15) is 14.4 Å². The second kappa shape index (κ2) is 7.54. The fourth-order valence-electron chi connectivity index (χ4n) is 1.24. The Balaban J connectivity index is 0.00000112. The minimum atomic E-state index is -4.98. The van der Waals surface area contributed by atoms with E-state index in [1.165, 1.54) is 6.20 Å². The first-order valence-corrected chi connectivity index (χ1v) is 5.30. The zero-order chi connectivity index (χ0) is 10.2. The first kappa shape index (κ1) is 18.0. The van der Waals surface area contributed by atoms with Crippen molar-refractivity contribution in [2.24, 2.45) is 0 Å². The molecule has 0 spiro atoms. The zero-order valence-electron chi connectivity index (χ0n) is 8.97. The number of aromatic amines is 1. The Labute approximate surface area is 177 Å². The number of phosphoric ester groups is 1. The van der Waals surface area contributed by atoms with Crippen molar-refractivity contribution < 1.29 is 122 Å². The van der Waals surface area contributed by atoms with Crippen molar-refractivity contribution >= 4 is 18.7 Å². The maximum Gasteiger partial charge on any atom is 1.00 e. The van der Waals surface area contributed by atoms with Gasteiger partial charge in [0.1, 0.15) is 13.6 Å². The van der Waals surface area contributed by atoms with Crippen molar-refractivity contribution in [3.05, 3.63) is 30.5 Å². The second-order valence-electron chi connectivity index (χ2n) is 2.74. The van der Waals surface area contributed by atoms with Gasteiger partial charge < -0.3 is 23.9 Å². The number of aromatic nitrogens is 1. The molecule has 1 heterocycles. The van der Waals surface area contributed by atoms with Crippen molar-refractivity contribution in [1.29, 1.82) is 0 Å². The van der Waals surface area contributed by atoms with Crippen molar-refractivity contribution in [1.82, 2.24) is 4.98 Å². The van der Waals surface area contributed by atoms with Crippen LogP contribution in [0.2, 0.25) is 0 Å². The molecule has 74 valence electrons. The number of benzene rings is 1. The van der Waals surface area contributed by atoms with E-state index in [-0.39, 0.29) is 109 Å². The van der Waals surface area contributed by atoms with Gasteiger partial charge in [-0.05, 0) is 12.1 Å². The third-order valence-electron chi connectivity index (χ3n) is 1.76. The predicted octanol–water partition coefficient (Wildman–Crippen LogP) is -5.62. The Morgan fingerprint density at radius 3 is 2.44 bits per heavy atom. The summed E-state index contributed by atoms with van der Waals surface area (Å²) in [5.74, 6) is 0.0360. The van der Waals surface area contributed by atoms with E-state index in [1.54, 1.807) is 24.3 Å². The first-order chi connectivity index (χ1) is 6.56. The van der Waals surface area contributed by atoms with Gasteiger partial charge in [0.15, 0.2) is 0 Å². The first-order valence-electron chi connectivity index (χ1n) is 3.84. The van der Waals surface area contributed by atoms with Crippen LogP contribution in [0.4, 0.5) is 0 Å². The van der Waals surface area contributed by atoms with Crippen LogP contribution in [-0.4, -0.2) is 4.98 Å². The summed E-state index contributed by atoms with van der Waals surface area (Å²) in [5, 5.41) is 0.569. The Morgan fingerprint density at radius 1 is 1.19 bits per heavy atom. The summed E-state index contributed by atoms with van der Waals surface area (Å²) < 4.78 is 14.6. The molecule has 1 aromatic carbocycles. The summed E-state index contributed by atoms with van der Waals surface area (Å²) >= 11 is 0. The molecule has 8 heteroatoms. The molecule has 0 radical (unpaired) electrons. The molecule has 0 atom stereocenters. The van der Waals surface area contributed by atoms with Crippen molar-refractivity contribution in [3.63, 3.8) is 0 Å². The van der Waals surface area contributed by atoms with E-state index in [1.807, 2.05) is 0 Å². The number of phosphoric acid groups is 1. The molecule has 0 fully saturated rings. The number of para-hydroxylation sites is 1. The van der Waals surface area contributed by atoms with Crippen LogP contribution in [0.1, 0.15) is 0 Å². The van der Waals surface area contributed by atoms with E-state index in [0.29, 0.717) is 5.39 Å². The van der Waals surface area contributed by atoms with Crippen molar-refractivity contribution in [2.75, 3.05) is 0 Å².